The second-order valence-corrected chi connectivity index (χ2v) is 8.44. The van der Waals surface area contributed by atoms with E-state index in [0.717, 1.165) is 29.9 Å². The van der Waals surface area contributed by atoms with Crippen molar-refractivity contribution in [3.05, 3.63) is 71.9 Å². The molecule has 1 atom stereocenters. The Labute approximate surface area is 206 Å². The van der Waals surface area contributed by atoms with Gasteiger partial charge < -0.3 is 24.7 Å². The minimum atomic E-state index is -0.980. The maximum atomic E-state index is 13.1. The summed E-state index contributed by atoms with van der Waals surface area (Å²) in [7, 11) is 1.82. The number of hydrogen-bond donors (Lipinski definition) is 2. The number of hydrogen-bond acceptors (Lipinski definition) is 9. The van der Waals surface area contributed by atoms with Gasteiger partial charge in [0.2, 0.25) is 6.17 Å². The summed E-state index contributed by atoms with van der Waals surface area (Å²) in [5, 5.41) is 18.7. The highest BCUT2D eigenvalue weighted by atomic mass is 16.5. The van der Waals surface area contributed by atoms with Crippen molar-refractivity contribution in [3.63, 3.8) is 0 Å². The van der Waals surface area contributed by atoms with Gasteiger partial charge in [-0.05, 0) is 6.07 Å². The van der Waals surface area contributed by atoms with Crippen molar-refractivity contribution in [3.8, 4) is 11.6 Å². The van der Waals surface area contributed by atoms with Crippen LogP contribution in [0.4, 0.5) is 17.4 Å². The Hall–Kier alpha value is -4.51. The van der Waals surface area contributed by atoms with E-state index < -0.39 is 6.17 Å². The Bertz CT molecular complexity index is 1420. The number of nitrogens with one attached hydrogen (secondary N) is 2. The summed E-state index contributed by atoms with van der Waals surface area (Å²) in [6.45, 7) is 2.78. The average Bonchev–Trinajstić information content (AvgIpc) is 3.50. The third-order valence-electron chi connectivity index (χ3n) is 6.15. The van der Waals surface area contributed by atoms with E-state index in [-0.39, 0.29) is 11.9 Å². The van der Waals surface area contributed by atoms with Gasteiger partial charge in [0, 0.05) is 31.3 Å². The number of aryl methyl sites for hydroxylation is 1. The fraction of sp³-hybridized carbons (Fsp3) is 0.240. The van der Waals surface area contributed by atoms with E-state index >= 15 is 0 Å². The molecule has 0 spiro atoms. The number of morpholine rings is 1. The minimum Gasteiger partial charge on any atom is -0.402 e. The van der Waals surface area contributed by atoms with Crippen molar-refractivity contribution in [2.75, 3.05) is 41.8 Å². The molecule has 0 aliphatic carbocycles. The Morgan fingerprint density at radius 3 is 2.64 bits per heavy atom. The molecule has 2 aliphatic rings. The minimum absolute atomic E-state index is 0.0846. The van der Waals surface area contributed by atoms with Crippen LogP contribution in [-0.4, -0.2) is 64.1 Å². The van der Waals surface area contributed by atoms with Crippen molar-refractivity contribution in [1.82, 2.24) is 20.0 Å². The molecule has 0 bridgehead atoms. The number of nitrogens with zero attached hydrogens (tertiary/aromatic N) is 6. The molecule has 6 rings (SSSR count). The Morgan fingerprint density at radius 1 is 1.03 bits per heavy atom. The van der Waals surface area contributed by atoms with Crippen molar-refractivity contribution in [2.45, 2.75) is 6.17 Å². The first kappa shape index (κ1) is 22.0. The molecule has 1 fully saturated rings. The molecule has 2 N–H and O–H groups in total. The van der Waals surface area contributed by atoms with E-state index in [4.69, 9.17) is 14.1 Å². The number of fused-ring (bicyclic) bond motifs is 1. The fourth-order valence-corrected chi connectivity index (χ4v) is 4.38. The van der Waals surface area contributed by atoms with E-state index in [0.29, 0.717) is 36.2 Å². The molecule has 2 aromatic carbocycles. The van der Waals surface area contributed by atoms with Gasteiger partial charge in [0.1, 0.15) is 5.69 Å². The summed E-state index contributed by atoms with van der Waals surface area (Å²) in [5.41, 5.74) is 4.68. The maximum Gasteiger partial charge on any atom is 0.317 e. The molecule has 2 aliphatic heterocycles. The van der Waals surface area contributed by atoms with Crippen LogP contribution >= 0.6 is 0 Å². The molecule has 0 radical (unpaired) electrons. The van der Waals surface area contributed by atoms with Gasteiger partial charge in [-0.15, -0.1) is 5.10 Å². The van der Waals surface area contributed by atoms with Crippen molar-refractivity contribution >= 4 is 29.0 Å². The van der Waals surface area contributed by atoms with E-state index in [1.54, 1.807) is 10.9 Å². The monoisotopic (exact) mass is 484 g/mol. The van der Waals surface area contributed by atoms with E-state index in [1.165, 1.54) is 0 Å². The standard InChI is InChI=1S/C25H24N8O3/c1-32-21(19(15-26-32)33-11-13-35-14-12-33)24-30-31-25(36-24)29-22-23(34)27-18-10-6-5-9-17(18)20(28-22)16-7-3-2-4-8-16/h2-10,15,22H,11-14H2,1H3,(H,27,34)(H,29,31). The quantitative estimate of drug-likeness (QED) is 0.443. The van der Waals surface area contributed by atoms with Crippen LogP contribution < -0.4 is 15.5 Å². The van der Waals surface area contributed by atoms with Gasteiger partial charge >= 0.3 is 6.01 Å². The molecular weight excluding hydrogens is 460 g/mol. The summed E-state index contributed by atoms with van der Waals surface area (Å²) in [6, 6.07) is 17.4. The first-order chi connectivity index (χ1) is 17.7. The van der Waals surface area contributed by atoms with Gasteiger partial charge in [0.15, 0.2) is 0 Å². The van der Waals surface area contributed by atoms with Crippen LogP contribution in [0.3, 0.4) is 0 Å². The average molecular weight is 485 g/mol. The SMILES string of the molecule is Cn1ncc(N2CCOCC2)c1-c1nnc(NC2N=C(c3ccccc3)c3ccccc3NC2=O)o1. The van der Waals surface area contributed by atoms with Crippen LogP contribution in [0, 0.1) is 0 Å². The van der Waals surface area contributed by atoms with Crippen molar-refractivity contribution in [1.29, 1.82) is 0 Å². The molecule has 1 saturated heterocycles. The van der Waals surface area contributed by atoms with E-state index in [9.17, 15) is 4.79 Å². The van der Waals surface area contributed by atoms with Crippen LogP contribution in [0.25, 0.3) is 11.6 Å². The number of para-hydroxylation sites is 1. The zero-order chi connectivity index (χ0) is 24.5. The molecule has 4 heterocycles. The molecule has 36 heavy (non-hydrogen) atoms. The lowest BCUT2D eigenvalue weighted by molar-refractivity contribution is -0.116. The maximum absolute atomic E-state index is 13.1. The first-order valence-corrected chi connectivity index (χ1v) is 11.7. The third-order valence-corrected chi connectivity index (χ3v) is 6.15. The molecule has 0 saturated carbocycles. The molecule has 1 unspecified atom stereocenters. The van der Waals surface area contributed by atoms with Gasteiger partial charge in [0.05, 0.1) is 36.5 Å². The number of carbonyl (C=O) groups is 1. The molecule has 4 aromatic rings. The molecule has 1 amide bonds. The van der Waals surface area contributed by atoms with Gasteiger partial charge in [0.25, 0.3) is 11.8 Å². The molecule has 11 nitrogen and oxygen atoms in total. The van der Waals surface area contributed by atoms with Gasteiger partial charge in [-0.25, -0.2) is 4.99 Å². The van der Waals surface area contributed by atoms with Crippen molar-refractivity contribution < 1.29 is 13.9 Å². The second kappa shape index (κ2) is 9.27. The predicted molar refractivity (Wildman–Crippen MR) is 134 cm³/mol. The molecule has 11 heteroatoms. The van der Waals surface area contributed by atoms with Crippen LogP contribution in [-0.2, 0) is 16.6 Å². The van der Waals surface area contributed by atoms with Crippen LogP contribution in [0.15, 0.2) is 70.2 Å². The largest absolute Gasteiger partial charge is 0.402 e. The summed E-state index contributed by atoms with van der Waals surface area (Å²) in [5.74, 6) is -0.0359. The molecule has 2 aromatic heterocycles. The lowest BCUT2D eigenvalue weighted by atomic mass is 10.0. The Balaban J connectivity index is 1.32. The lowest BCUT2D eigenvalue weighted by Crippen LogP contribution is -2.36. The number of benzene rings is 2. The van der Waals surface area contributed by atoms with Gasteiger partial charge in [-0.3, -0.25) is 9.48 Å². The zero-order valence-electron chi connectivity index (χ0n) is 19.6. The lowest BCUT2D eigenvalue weighted by Gasteiger charge is -2.28. The number of aromatic nitrogens is 4. The van der Waals surface area contributed by atoms with Gasteiger partial charge in [-0.2, -0.15) is 5.10 Å². The molecular formula is C25H24N8O3. The van der Waals surface area contributed by atoms with E-state index in [1.807, 2.05) is 61.6 Å². The highest BCUT2D eigenvalue weighted by Crippen LogP contribution is 2.31. The fourth-order valence-electron chi connectivity index (χ4n) is 4.38. The summed E-state index contributed by atoms with van der Waals surface area (Å²) < 4.78 is 13.1. The number of carbonyl (C=O) groups excluding carboxylic acids is 1. The summed E-state index contributed by atoms with van der Waals surface area (Å²) in [4.78, 5) is 20.1. The van der Waals surface area contributed by atoms with E-state index in [2.05, 4.69) is 30.8 Å². The number of aliphatic imine (C=N–C) groups is 1. The number of benzodiazepines with no additional fused rings is 1. The Morgan fingerprint density at radius 2 is 1.81 bits per heavy atom. The van der Waals surface area contributed by atoms with Crippen LogP contribution in [0.2, 0.25) is 0 Å². The number of amides is 1. The highest BCUT2D eigenvalue weighted by Gasteiger charge is 2.28. The predicted octanol–water partition coefficient (Wildman–Crippen LogP) is 2.53. The second-order valence-electron chi connectivity index (χ2n) is 8.44. The number of anilines is 3. The summed E-state index contributed by atoms with van der Waals surface area (Å²) in [6.07, 6.45) is 0.802. The van der Waals surface area contributed by atoms with Crippen LogP contribution in [0.1, 0.15) is 11.1 Å². The van der Waals surface area contributed by atoms with Crippen LogP contribution in [0.5, 0.6) is 0 Å². The smallest absolute Gasteiger partial charge is 0.317 e. The third kappa shape index (κ3) is 4.09. The highest BCUT2D eigenvalue weighted by molar-refractivity contribution is 6.19. The zero-order valence-corrected chi connectivity index (χ0v) is 19.6. The normalized spacial score (nSPS) is 17.7. The van der Waals surface area contributed by atoms with Crippen molar-refractivity contribution in [2.24, 2.45) is 12.0 Å². The summed E-state index contributed by atoms with van der Waals surface area (Å²) >= 11 is 0. The topological polar surface area (TPSA) is 123 Å². The van der Waals surface area contributed by atoms with Gasteiger partial charge in [-0.1, -0.05) is 53.6 Å². The first-order valence-electron chi connectivity index (χ1n) is 11.7. The number of ether oxygens (including phenoxy) is 1. The molecule has 182 valence electrons. The Kier molecular flexibility index (Phi) is 5.66. The number of rotatable bonds is 5.